The summed E-state index contributed by atoms with van der Waals surface area (Å²) in [5.74, 6) is 2.88. The van der Waals surface area contributed by atoms with Gasteiger partial charge in [-0.05, 0) is 104 Å². The van der Waals surface area contributed by atoms with E-state index in [0.29, 0.717) is 18.2 Å². The molecule has 0 unspecified atom stereocenters. The molecular weight excluding hydrogens is 576 g/mol. The lowest BCUT2D eigenvalue weighted by Gasteiger charge is -2.09. The van der Waals surface area contributed by atoms with Crippen molar-refractivity contribution in [2.24, 2.45) is 16.7 Å². The third kappa shape index (κ3) is 11.1. The van der Waals surface area contributed by atoms with Crippen molar-refractivity contribution in [1.29, 1.82) is 10.5 Å². The van der Waals surface area contributed by atoms with Crippen molar-refractivity contribution in [3.63, 3.8) is 0 Å². The number of halogens is 1. The number of alkyl halides is 1. The minimum Gasteiger partial charge on any atom is -0.497 e. The smallest absolute Gasteiger partial charge is 0.309 e. The first kappa shape index (κ1) is 34.3. The van der Waals surface area contributed by atoms with E-state index >= 15 is 0 Å². The van der Waals surface area contributed by atoms with Crippen LogP contribution in [-0.2, 0) is 23.5 Å². The molecule has 1 N–H and O–H groups in total. The first-order valence-electron chi connectivity index (χ1n) is 14.7. The number of benzene rings is 3. The van der Waals surface area contributed by atoms with E-state index in [0.717, 1.165) is 73.3 Å². The van der Waals surface area contributed by atoms with Gasteiger partial charge in [0, 0.05) is 11.8 Å². The normalized spacial score (nSPS) is 15.9. The molecule has 3 aromatic carbocycles. The number of carbonyl (C=O) groups is 1. The molecule has 3 fully saturated rings. The summed E-state index contributed by atoms with van der Waals surface area (Å²) in [6.45, 7) is 0. The van der Waals surface area contributed by atoms with Crippen LogP contribution in [0.3, 0.4) is 0 Å². The van der Waals surface area contributed by atoms with Crippen molar-refractivity contribution in [2.75, 3.05) is 21.3 Å². The summed E-state index contributed by atoms with van der Waals surface area (Å²) >= 11 is 5.58. The molecule has 0 atom stereocenters. The monoisotopic (exact) mass is 616 g/mol. The zero-order valence-electron chi connectivity index (χ0n) is 25.7. The van der Waals surface area contributed by atoms with Crippen molar-refractivity contribution >= 4 is 17.6 Å². The number of rotatable bonds is 9. The molecule has 3 saturated carbocycles. The predicted octanol–water partition coefficient (Wildman–Crippen LogP) is 8.00. The summed E-state index contributed by atoms with van der Waals surface area (Å²) in [6.07, 6.45) is 7.51. The van der Waals surface area contributed by atoms with Crippen LogP contribution in [0.1, 0.15) is 55.2 Å². The quantitative estimate of drug-likeness (QED) is 0.242. The van der Waals surface area contributed by atoms with Crippen LogP contribution in [0.5, 0.6) is 17.2 Å². The van der Waals surface area contributed by atoms with Gasteiger partial charge in [0.2, 0.25) is 0 Å². The van der Waals surface area contributed by atoms with E-state index in [9.17, 15) is 4.79 Å². The van der Waals surface area contributed by atoms with Crippen LogP contribution in [-0.4, -0.2) is 32.4 Å². The molecule has 0 radical (unpaired) electrons. The van der Waals surface area contributed by atoms with E-state index in [-0.39, 0.29) is 5.41 Å². The molecule has 7 nitrogen and oxygen atoms in total. The molecule has 3 aliphatic rings. The highest BCUT2D eigenvalue weighted by Gasteiger charge is 2.49. The second-order valence-corrected chi connectivity index (χ2v) is 11.7. The zero-order valence-corrected chi connectivity index (χ0v) is 26.5. The van der Waals surface area contributed by atoms with E-state index in [2.05, 4.69) is 12.1 Å². The van der Waals surface area contributed by atoms with Crippen molar-refractivity contribution in [3.05, 3.63) is 89.5 Å². The highest BCUT2D eigenvalue weighted by molar-refractivity contribution is 6.17. The van der Waals surface area contributed by atoms with Crippen LogP contribution in [0.4, 0.5) is 0 Å². The fraction of sp³-hybridized carbons (Fsp3) is 0.417. The fourth-order valence-corrected chi connectivity index (χ4v) is 4.47. The number of carboxylic acid groups (broad SMARTS) is 1. The number of hydrogen-bond acceptors (Lipinski definition) is 6. The number of aliphatic carboxylic acids is 1. The molecular formula is C36H41ClN2O5. The third-order valence-electron chi connectivity index (χ3n) is 7.87. The highest BCUT2D eigenvalue weighted by Crippen LogP contribution is 2.49. The highest BCUT2D eigenvalue weighted by atomic mass is 35.5. The molecule has 3 aromatic rings. The molecule has 44 heavy (non-hydrogen) atoms. The Bertz CT molecular complexity index is 1370. The van der Waals surface area contributed by atoms with Crippen molar-refractivity contribution in [2.45, 2.75) is 57.2 Å². The average Bonchev–Trinajstić information content (AvgIpc) is 3.94. The van der Waals surface area contributed by atoms with Gasteiger partial charge in [0.05, 0.1) is 44.3 Å². The summed E-state index contributed by atoms with van der Waals surface area (Å²) in [6, 6.07) is 27.8. The number of carboxylic acids is 1. The van der Waals surface area contributed by atoms with Crippen LogP contribution in [0.15, 0.2) is 72.8 Å². The Balaban J connectivity index is 0.000000170. The second-order valence-electron chi connectivity index (χ2n) is 11.4. The molecule has 0 spiro atoms. The maximum atomic E-state index is 11.0. The summed E-state index contributed by atoms with van der Waals surface area (Å²) in [5, 5.41) is 25.9. The standard InChI is InChI=1S/C12H13NO.C12H14O3.C8H9ClO.C4H5N/c1-14-11-4-2-10(3-5-11)8-12(9-13)6-7-12;1-15-10-4-2-9(3-5-10)8-12(6-7-12)11(13)14;1-10-8-4-2-7(6-9)3-5-8;5-3-4-1-2-4/h2-5H,6-8H2,1H3;2-5H,6-8H2,1H3,(H,13,14);2-5H,6H2,1H3;4H,1-2H2. The Labute approximate surface area is 265 Å². The van der Waals surface area contributed by atoms with Gasteiger partial charge in [-0.25, -0.2) is 0 Å². The molecule has 232 valence electrons. The summed E-state index contributed by atoms with van der Waals surface area (Å²) < 4.78 is 15.1. The minimum atomic E-state index is -0.668. The molecule has 0 amide bonds. The fourth-order valence-electron chi connectivity index (χ4n) is 4.29. The topological polar surface area (TPSA) is 113 Å². The van der Waals surface area contributed by atoms with Gasteiger partial charge < -0.3 is 19.3 Å². The van der Waals surface area contributed by atoms with Gasteiger partial charge in [0.1, 0.15) is 17.2 Å². The first-order chi connectivity index (χ1) is 21.2. The molecule has 0 saturated heterocycles. The van der Waals surface area contributed by atoms with Crippen molar-refractivity contribution < 1.29 is 24.1 Å². The molecule has 0 bridgehead atoms. The Morgan fingerprint density at radius 2 is 1.16 bits per heavy atom. The van der Waals surface area contributed by atoms with Gasteiger partial charge in [-0.15, -0.1) is 11.6 Å². The van der Waals surface area contributed by atoms with Crippen LogP contribution in [0.2, 0.25) is 0 Å². The van der Waals surface area contributed by atoms with E-state index in [1.807, 2.05) is 72.8 Å². The Morgan fingerprint density at radius 3 is 1.41 bits per heavy atom. The Morgan fingerprint density at radius 1 is 0.750 bits per heavy atom. The van der Waals surface area contributed by atoms with Gasteiger partial charge in [-0.2, -0.15) is 10.5 Å². The number of hydrogen-bond donors (Lipinski definition) is 1. The first-order valence-corrected chi connectivity index (χ1v) is 15.3. The molecule has 6 rings (SSSR count). The Kier molecular flexibility index (Phi) is 12.9. The molecule has 3 aliphatic carbocycles. The molecule has 8 heteroatoms. The Hall–Kier alpha value is -4.20. The zero-order chi connectivity index (χ0) is 32.0. The second kappa shape index (κ2) is 16.6. The SMILES string of the molecule is COc1ccc(CC2(C#N)CC2)cc1.COc1ccc(CC2(C(=O)O)CC2)cc1.COc1ccc(CCl)cc1.N#CC1CC1. The van der Waals surface area contributed by atoms with Gasteiger partial charge in [-0.3, -0.25) is 4.79 Å². The van der Waals surface area contributed by atoms with Gasteiger partial charge >= 0.3 is 5.97 Å². The lowest BCUT2D eigenvalue weighted by atomic mass is 9.97. The maximum Gasteiger partial charge on any atom is 0.309 e. The van der Waals surface area contributed by atoms with Crippen LogP contribution >= 0.6 is 11.6 Å². The van der Waals surface area contributed by atoms with E-state index < -0.39 is 11.4 Å². The molecule has 0 heterocycles. The van der Waals surface area contributed by atoms with Gasteiger partial charge in [0.25, 0.3) is 0 Å². The van der Waals surface area contributed by atoms with Crippen LogP contribution in [0.25, 0.3) is 0 Å². The van der Waals surface area contributed by atoms with E-state index in [1.54, 1.807) is 21.3 Å². The third-order valence-corrected chi connectivity index (χ3v) is 8.18. The van der Waals surface area contributed by atoms with Crippen molar-refractivity contribution in [3.8, 4) is 29.4 Å². The molecule has 0 aliphatic heterocycles. The maximum absolute atomic E-state index is 11.0. The van der Waals surface area contributed by atoms with Crippen molar-refractivity contribution in [1.82, 2.24) is 0 Å². The van der Waals surface area contributed by atoms with Gasteiger partial charge in [0.15, 0.2) is 0 Å². The molecule has 0 aromatic heterocycles. The average molecular weight is 617 g/mol. The van der Waals surface area contributed by atoms with Crippen LogP contribution < -0.4 is 14.2 Å². The number of ether oxygens (including phenoxy) is 3. The number of methoxy groups -OCH3 is 3. The summed E-state index contributed by atoms with van der Waals surface area (Å²) in [5.41, 5.74) is 2.88. The summed E-state index contributed by atoms with van der Waals surface area (Å²) in [7, 11) is 4.93. The lowest BCUT2D eigenvalue weighted by molar-refractivity contribution is -0.143. The lowest BCUT2D eigenvalue weighted by Crippen LogP contribution is -2.17. The summed E-state index contributed by atoms with van der Waals surface area (Å²) in [4.78, 5) is 11.0. The number of nitrogens with zero attached hydrogens (tertiary/aromatic N) is 2. The van der Waals surface area contributed by atoms with Gasteiger partial charge in [-0.1, -0.05) is 36.4 Å². The predicted molar refractivity (Wildman–Crippen MR) is 171 cm³/mol. The van der Waals surface area contributed by atoms with E-state index in [4.69, 9.17) is 41.4 Å². The van der Waals surface area contributed by atoms with Crippen LogP contribution in [0, 0.1) is 39.4 Å². The minimum absolute atomic E-state index is 0.0470. The van der Waals surface area contributed by atoms with E-state index in [1.165, 1.54) is 5.56 Å². The number of nitriles is 2. The largest absolute Gasteiger partial charge is 0.497 e.